The predicted octanol–water partition coefficient (Wildman–Crippen LogP) is 3.78. The zero-order valence-corrected chi connectivity index (χ0v) is 17.3. The summed E-state index contributed by atoms with van der Waals surface area (Å²) in [6.07, 6.45) is -0.708. The van der Waals surface area contributed by atoms with Crippen molar-refractivity contribution in [2.75, 3.05) is 6.54 Å². The number of Topliss-reactive ketones (excluding diaryl/α,β-unsaturated/α-hetero) is 1. The number of benzene rings is 1. The van der Waals surface area contributed by atoms with Crippen LogP contribution in [0.3, 0.4) is 0 Å². The molecule has 0 unspecified atom stereocenters. The molecule has 0 saturated carbocycles. The summed E-state index contributed by atoms with van der Waals surface area (Å²) in [7, 11) is 0. The van der Waals surface area contributed by atoms with Gasteiger partial charge in [-0.15, -0.1) is 0 Å². The summed E-state index contributed by atoms with van der Waals surface area (Å²) in [5.41, 5.74) is -2.61. The number of hydrogen-bond acceptors (Lipinski definition) is 6. The van der Waals surface area contributed by atoms with Crippen LogP contribution in [-0.2, 0) is 9.53 Å². The maximum absolute atomic E-state index is 12.8. The smallest absolute Gasteiger partial charge is 0.411 e. The Bertz CT molecular complexity index is 834. The summed E-state index contributed by atoms with van der Waals surface area (Å²) in [5.74, 6) is -1.82. The molecule has 9 nitrogen and oxygen atoms in total. The fourth-order valence-corrected chi connectivity index (χ4v) is 3.66. The molecule has 1 aliphatic heterocycles. The third-order valence-corrected chi connectivity index (χ3v) is 5.06. The van der Waals surface area contributed by atoms with Crippen LogP contribution >= 0.6 is 15.9 Å². The van der Waals surface area contributed by atoms with Gasteiger partial charge in [0, 0.05) is 24.6 Å². The van der Waals surface area contributed by atoms with Crippen LogP contribution in [0, 0.1) is 10.1 Å². The van der Waals surface area contributed by atoms with Crippen molar-refractivity contribution in [1.29, 1.82) is 0 Å². The van der Waals surface area contributed by atoms with Crippen molar-refractivity contribution < 1.29 is 29.2 Å². The van der Waals surface area contributed by atoms with Crippen LogP contribution in [0.5, 0.6) is 0 Å². The zero-order chi connectivity index (χ0) is 21.3. The molecule has 1 atom stereocenters. The van der Waals surface area contributed by atoms with E-state index in [0.29, 0.717) is 6.42 Å². The van der Waals surface area contributed by atoms with Gasteiger partial charge in [-0.1, -0.05) is 0 Å². The normalized spacial score (nSPS) is 19.4. The first-order chi connectivity index (χ1) is 12.9. The minimum Gasteiger partial charge on any atom is -0.479 e. The van der Waals surface area contributed by atoms with E-state index < -0.39 is 40.3 Å². The maximum atomic E-state index is 12.8. The highest BCUT2D eigenvalue weighted by atomic mass is 79.9. The van der Waals surface area contributed by atoms with E-state index in [1.54, 1.807) is 20.8 Å². The van der Waals surface area contributed by atoms with Gasteiger partial charge >= 0.3 is 12.1 Å². The summed E-state index contributed by atoms with van der Waals surface area (Å²) in [5, 5.41) is 20.8. The van der Waals surface area contributed by atoms with Crippen LogP contribution in [0.4, 0.5) is 10.5 Å². The molecule has 1 saturated heterocycles. The minimum absolute atomic E-state index is 0.113. The Labute approximate surface area is 169 Å². The van der Waals surface area contributed by atoms with Crippen LogP contribution in [0.25, 0.3) is 0 Å². The summed E-state index contributed by atoms with van der Waals surface area (Å²) >= 11 is 3.04. The first-order valence-electron chi connectivity index (χ1n) is 8.58. The number of aliphatic carboxylic acids is 1. The van der Waals surface area contributed by atoms with Crippen molar-refractivity contribution in [2.45, 2.75) is 51.2 Å². The van der Waals surface area contributed by atoms with Crippen molar-refractivity contribution in [3.63, 3.8) is 0 Å². The number of nitrogens with zero attached hydrogens (tertiary/aromatic N) is 2. The van der Waals surface area contributed by atoms with E-state index in [4.69, 9.17) is 4.74 Å². The Hall–Kier alpha value is -2.49. The summed E-state index contributed by atoms with van der Waals surface area (Å²) in [6.45, 7) is 5.17. The number of nitro benzene ring substituents is 1. The number of halogens is 1. The van der Waals surface area contributed by atoms with E-state index >= 15 is 0 Å². The molecular formula is C18H21BrN2O7. The molecule has 1 heterocycles. The van der Waals surface area contributed by atoms with Crippen molar-refractivity contribution in [2.24, 2.45) is 0 Å². The third-order valence-electron chi connectivity index (χ3n) is 4.42. The van der Waals surface area contributed by atoms with E-state index in [2.05, 4.69) is 15.9 Å². The largest absolute Gasteiger partial charge is 0.479 e. The van der Waals surface area contributed by atoms with Crippen LogP contribution in [0.1, 0.15) is 50.4 Å². The molecule has 0 bridgehead atoms. The lowest BCUT2D eigenvalue weighted by Gasteiger charge is -2.35. The minimum atomic E-state index is -1.71. The van der Waals surface area contributed by atoms with Crippen LogP contribution in [0.2, 0.25) is 0 Å². The lowest BCUT2D eigenvalue weighted by Crippen LogP contribution is -2.55. The number of carboxylic acid groups (broad SMARTS) is 1. The molecule has 0 aliphatic carbocycles. The first kappa shape index (κ1) is 21.8. The Morgan fingerprint density at radius 2 is 2.00 bits per heavy atom. The van der Waals surface area contributed by atoms with Crippen molar-refractivity contribution in [1.82, 2.24) is 4.90 Å². The molecule has 1 fully saturated rings. The molecule has 10 heteroatoms. The fourth-order valence-electron chi connectivity index (χ4n) is 3.14. The van der Waals surface area contributed by atoms with Gasteiger partial charge in [0.15, 0.2) is 11.3 Å². The average Bonchev–Trinajstić information content (AvgIpc) is 2.97. The van der Waals surface area contributed by atoms with Gasteiger partial charge in [0.1, 0.15) is 5.60 Å². The van der Waals surface area contributed by atoms with Crippen LogP contribution in [0.15, 0.2) is 22.7 Å². The molecule has 1 aromatic rings. The van der Waals surface area contributed by atoms with E-state index in [0.717, 1.165) is 4.90 Å². The van der Waals surface area contributed by atoms with E-state index in [-0.39, 0.29) is 28.7 Å². The molecule has 0 radical (unpaired) electrons. The standard InChI is InChI=1S/C18H21BrN2O7/c1-17(2,3)28-16(25)20-8-4-7-18(20,15(23)24)10-14(22)11-5-6-13(21(26)27)12(19)9-11/h5-6,9H,4,7-8,10H2,1-3H3,(H,23,24)/t18-/m0/s1. The Morgan fingerprint density at radius 1 is 1.36 bits per heavy atom. The number of rotatable bonds is 5. The summed E-state index contributed by atoms with van der Waals surface area (Å²) in [6, 6.07) is 3.72. The lowest BCUT2D eigenvalue weighted by molar-refractivity contribution is -0.385. The second kappa shape index (κ2) is 7.86. The number of carboxylic acids is 1. The Kier molecular flexibility index (Phi) is 6.12. The summed E-state index contributed by atoms with van der Waals surface area (Å²) in [4.78, 5) is 48.8. The summed E-state index contributed by atoms with van der Waals surface area (Å²) < 4.78 is 5.42. The van der Waals surface area contributed by atoms with Gasteiger partial charge in [-0.2, -0.15) is 0 Å². The van der Waals surface area contributed by atoms with Gasteiger partial charge in [0.2, 0.25) is 0 Å². The van der Waals surface area contributed by atoms with E-state index in [1.807, 2.05) is 0 Å². The number of ether oxygens (including phenoxy) is 1. The number of carbonyl (C=O) groups excluding carboxylic acids is 2. The van der Waals surface area contributed by atoms with Crippen LogP contribution in [-0.4, -0.2) is 50.5 Å². The lowest BCUT2D eigenvalue weighted by atomic mass is 9.88. The number of likely N-dealkylation sites (tertiary alicyclic amines) is 1. The molecule has 0 aromatic heterocycles. The molecule has 0 spiro atoms. The molecule has 1 aromatic carbocycles. The van der Waals surface area contributed by atoms with Gasteiger partial charge in [0.05, 0.1) is 9.40 Å². The van der Waals surface area contributed by atoms with Crippen LogP contribution < -0.4 is 0 Å². The second-order valence-electron chi connectivity index (χ2n) is 7.60. The topological polar surface area (TPSA) is 127 Å². The number of carbonyl (C=O) groups is 3. The predicted molar refractivity (Wildman–Crippen MR) is 102 cm³/mol. The van der Waals surface area contributed by atoms with Crippen molar-refractivity contribution in [3.05, 3.63) is 38.3 Å². The maximum Gasteiger partial charge on any atom is 0.411 e. The molecule has 1 aliphatic rings. The number of nitro groups is 1. The molecule has 28 heavy (non-hydrogen) atoms. The van der Waals surface area contributed by atoms with Gasteiger partial charge in [-0.3, -0.25) is 19.8 Å². The van der Waals surface area contributed by atoms with Gasteiger partial charge < -0.3 is 9.84 Å². The van der Waals surface area contributed by atoms with Gasteiger partial charge in [0.25, 0.3) is 5.69 Å². The number of amides is 1. The molecule has 2 rings (SSSR count). The number of ketones is 1. The quantitative estimate of drug-likeness (QED) is 0.405. The van der Waals surface area contributed by atoms with Gasteiger partial charge in [-0.05, 0) is 61.7 Å². The highest BCUT2D eigenvalue weighted by Gasteiger charge is 2.52. The second-order valence-corrected chi connectivity index (χ2v) is 8.45. The number of hydrogen-bond donors (Lipinski definition) is 1. The fraction of sp³-hybridized carbons (Fsp3) is 0.500. The molecule has 1 N–H and O–H groups in total. The van der Waals surface area contributed by atoms with Crippen molar-refractivity contribution >= 4 is 39.5 Å². The van der Waals surface area contributed by atoms with E-state index in [9.17, 15) is 29.6 Å². The molecule has 152 valence electrons. The molecule has 1 amide bonds. The van der Waals surface area contributed by atoms with E-state index in [1.165, 1.54) is 18.2 Å². The average molecular weight is 457 g/mol. The van der Waals surface area contributed by atoms with Gasteiger partial charge in [-0.25, -0.2) is 9.59 Å². The Balaban J connectivity index is 2.32. The third kappa shape index (κ3) is 4.49. The van der Waals surface area contributed by atoms with Crippen molar-refractivity contribution in [3.8, 4) is 0 Å². The zero-order valence-electron chi connectivity index (χ0n) is 15.7. The highest BCUT2D eigenvalue weighted by molar-refractivity contribution is 9.10. The molecular weight excluding hydrogens is 436 g/mol. The first-order valence-corrected chi connectivity index (χ1v) is 9.38. The Morgan fingerprint density at radius 3 is 2.50 bits per heavy atom. The highest BCUT2D eigenvalue weighted by Crippen LogP contribution is 2.36. The SMILES string of the molecule is CC(C)(C)OC(=O)N1CCC[C@]1(CC(=O)c1ccc([N+](=O)[O-])c(Br)c1)C(=O)O. The monoisotopic (exact) mass is 456 g/mol.